The molecule has 0 saturated carbocycles. The van der Waals surface area contributed by atoms with Gasteiger partial charge in [0.25, 0.3) is 0 Å². The Morgan fingerprint density at radius 3 is 2.65 bits per heavy atom. The molecule has 1 aliphatic heterocycles. The van der Waals surface area contributed by atoms with Gasteiger partial charge in [-0.05, 0) is 37.6 Å². The van der Waals surface area contributed by atoms with E-state index in [0.717, 1.165) is 44.3 Å². The Morgan fingerprint density at radius 2 is 2.00 bits per heavy atom. The normalized spacial score (nSPS) is 18.2. The second kappa shape index (κ2) is 5.85. The van der Waals surface area contributed by atoms with E-state index in [1.54, 1.807) is 6.07 Å². The lowest BCUT2D eigenvalue weighted by Gasteiger charge is -2.29. The van der Waals surface area contributed by atoms with Crippen LogP contribution in [0.4, 0.5) is 0 Å². The molecular formula is C13H15Cl2NO. The number of carbonyl (C=O) groups excluding carboxylic acids is 1. The van der Waals surface area contributed by atoms with Gasteiger partial charge in [0.05, 0.1) is 10.0 Å². The highest BCUT2D eigenvalue weighted by molar-refractivity contribution is 6.42. The number of hydrogen-bond donors (Lipinski definition) is 0. The van der Waals surface area contributed by atoms with Crippen molar-refractivity contribution in [1.29, 1.82) is 0 Å². The fraction of sp³-hybridized carbons (Fsp3) is 0.462. The minimum Gasteiger partial charge on any atom is -0.303 e. The van der Waals surface area contributed by atoms with Gasteiger partial charge >= 0.3 is 0 Å². The number of hydrogen-bond acceptors (Lipinski definition) is 2. The first-order valence-electron chi connectivity index (χ1n) is 5.81. The monoisotopic (exact) mass is 271 g/mol. The molecule has 4 heteroatoms. The van der Waals surface area contributed by atoms with Gasteiger partial charge in [0.1, 0.15) is 6.29 Å². The molecule has 0 bridgehead atoms. The van der Waals surface area contributed by atoms with Gasteiger partial charge in [-0.15, -0.1) is 0 Å². The van der Waals surface area contributed by atoms with Gasteiger partial charge in [0, 0.05) is 12.5 Å². The van der Waals surface area contributed by atoms with Crippen molar-refractivity contribution >= 4 is 29.5 Å². The van der Waals surface area contributed by atoms with Crippen LogP contribution in [0.25, 0.3) is 0 Å². The summed E-state index contributed by atoms with van der Waals surface area (Å²) in [6.45, 7) is 2.71. The van der Waals surface area contributed by atoms with Crippen LogP contribution in [-0.4, -0.2) is 24.3 Å². The molecule has 0 aromatic heterocycles. The van der Waals surface area contributed by atoms with Crippen LogP contribution >= 0.6 is 23.2 Å². The van der Waals surface area contributed by atoms with Crippen LogP contribution in [0.5, 0.6) is 0 Å². The summed E-state index contributed by atoms with van der Waals surface area (Å²) in [7, 11) is 0. The highest BCUT2D eigenvalue weighted by Gasteiger charge is 2.19. The number of halogens is 2. The molecule has 2 nitrogen and oxygen atoms in total. The molecule has 0 aliphatic carbocycles. The van der Waals surface area contributed by atoms with Crippen molar-refractivity contribution in [2.75, 3.05) is 13.1 Å². The van der Waals surface area contributed by atoms with Crippen LogP contribution < -0.4 is 0 Å². The molecule has 0 atom stereocenters. The van der Waals surface area contributed by atoms with E-state index in [9.17, 15) is 4.79 Å². The lowest BCUT2D eigenvalue weighted by Crippen LogP contribution is -2.33. The van der Waals surface area contributed by atoms with Crippen LogP contribution in [0.15, 0.2) is 18.2 Å². The van der Waals surface area contributed by atoms with Gasteiger partial charge in [-0.1, -0.05) is 35.3 Å². The molecule has 0 amide bonds. The zero-order chi connectivity index (χ0) is 12.3. The molecule has 1 aliphatic rings. The van der Waals surface area contributed by atoms with Crippen LogP contribution in [0.3, 0.4) is 0 Å². The average molecular weight is 272 g/mol. The topological polar surface area (TPSA) is 20.3 Å². The van der Waals surface area contributed by atoms with Gasteiger partial charge in [0.2, 0.25) is 0 Å². The predicted octanol–water partition coefficient (Wildman–Crippen LogP) is 3.40. The van der Waals surface area contributed by atoms with Gasteiger partial charge in [-0.2, -0.15) is 0 Å². The highest BCUT2D eigenvalue weighted by Crippen LogP contribution is 2.27. The van der Waals surface area contributed by atoms with Crippen molar-refractivity contribution in [2.45, 2.75) is 19.4 Å². The molecular weight excluding hydrogens is 257 g/mol. The quantitative estimate of drug-likeness (QED) is 0.786. The third-order valence-corrected chi connectivity index (χ3v) is 4.11. The summed E-state index contributed by atoms with van der Waals surface area (Å²) in [5.41, 5.74) is 1.06. The van der Waals surface area contributed by atoms with E-state index in [2.05, 4.69) is 4.90 Å². The van der Waals surface area contributed by atoms with E-state index < -0.39 is 0 Å². The molecule has 0 radical (unpaired) electrons. The first kappa shape index (κ1) is 12.9. The number of benzene rings is 1. The maximum atomic E-state index is 10.7. The standard InChI is InChI=1S/C13H15Cl2NO/c14-12-3-1-2-11(13(12)15)8-16-6-4-10(9-17)5-7-16/h1-3,9-10H,4-8H2. The van der Waals surface area contributed by atoms with Crippen molar-refractivity contribution in [3.05, 3.63) is 33.8 Å². The summed E-state index contributed by atoms with van der Waals surface area (Å²) in [4.78, 5) is 13.0. The minimum atomic E-state index is 0.237. The molecule has 0 unspecified atom stereocenters. The molecule has 92 valence electrons. The van der Waals surface area contributed by atoms with Crippen molar-refractivity contribution in [2.24, 2.45) is 5.92 Å². The van der Waals surface area contributed by atoms with E-state index in [0.29, 0.717) is 10.0 Å². The largest absolute Gasteiger partial charge is 0.303 e. The number of piperidine rings is 1. The lowest BCUT2D eigenvalue weighted by atomic mass is 9.98. The SMILES string of the molecule is O=CC1CCN(Cc2cccc(Cl)c2Cl)CC1. The predicted molar refractivity (Wildman–Crippen MR) is 70.5 cm³/mol. The number of rotatable bonds is 3. The molecule has 1 aromatic carbocycles. The minimum absolute atomic E-state index is 0.237. The summed E-state index contributed by atoms with van der Waals surface area (Å²) < 4.78 is 0. The van der Waals surface area contributed by atoms with Crippen LogP contribution in [-0.2, 0) is 11.3 Å². The van der Waals surface area contributed by atoms with E-state index in [1.807, 2.05) is 12.1 Å². The Morgan fingerprint density at radius 1 is 1.29 bits per heavy atom. The van der Waals surface area contributed by atoms with E-state index in [4.69, 9.17) is 23.2 Å². The molecule has 0 N–H and O–H groups in total. The van der Waals surface area contributed by atoms with E-state index in [-0.39, 0.29) is 5.92 Å². The fourth-order valence-electron chi connectivity index (χ4n) is 2.16. The molecule has 1 fully saturated rings. The van der Waals surface area contributed by atoms with Crippen LogP contribution in [0.2, 0.25) is 10.0 Å². The maximum Gasteiger partial charge on any atom is 0.123 e. The summed E-state index contributed by atoms with van der Waals surface area (Å²) >= 11 is 12.1. The molecule has 0 spiro atoms. The summed E-state index contributed by atoms with van der Waals surface area (Å²) in [5, 5.41) is 1.25. The Kier molecular flexibility index (Phi) is 4.43. The summed E-state index contributed by atoms with van der Waals surface area (Å²) in [5.74, 6) is 0.237. The van der Waals surface area contributed by atoms with Crippen LogP contribution in [0, 0.1) is 5.92 Å². The second-order valence-corrected chi connectivity index (χ2v) is 5.25. The Balaban J connectivity index is 1.98. The lowest BCUT2D eigenvalue weighted by molar-refractivity contribution is -0.112. The van der Waals surface area contributed by atoms with E-state index in [1.165, 1.54) is 0 Å². The Bertz CT molecular complexity index is 400. The number of carbonyl (C=O) groups is 1. The van der Waals surface area contributed by atoms with Gasteiger partial charge in [-0.3, -0.25) is 4.90 Å². The molecule has 1 heterocycles. The van der Waals surface area contributed by atoms with Crippen molar-refractivity contribution in [3.8, 4) is 0 Å². The zero-order valence-electron chi connectivity index (χ0n) is 9.53. The van der Waals surface area contributed by atoms with Gasteiger partial charge in [0.15, 0.2) is 0 Å². The molecule has 1 saturated heterocycles. The Labute approximate surface area is 112 Å². The van der Waals surface area contributed by atoms with Crippen molar-refractivity contribution < 1.29 is 4.79 Å². The number of likely N-dealkylation sites (tertiary alicyclic amines) is 1. The molecule has 2 rings (SSSR count). The molecule has 1 aromatic rings. The van der Waals surface area contributed by atoms with E-state index >= 15 is 0 Å². The first-order valence-corrected chi connectivity index (χ1v) is 6.57. The van der Waals surface area contributed by atoms with Gasteiger partial charge < -0.3 is 4.79 Å². The average Bonchev–Trinajstić information content (AvgIpc) is 2.36. The van der Waals surface area contributed by atoms with Crippen molar-refractivity contribution in [3.63, 3.8) is 0 Å². The number of nitrogens with zero attached hydrogens (tertiary/aromatic N) is 1. The highest BCUT2D eigenvalue weighted by atomic mass is 35.5. The smallest absolute Gasteiger partial charge is 0.123 e. The van der Waals surface area contributed by atoms with Crippen molar-refractivity contribution in [1.82, 2.24) is 4.90 Å². The summed E-state index contributed by atoms with van der Waals surface area (Å²) in [6.07, 6.45) is 2.97. The fourth-order valence-corrected chi connectivity index (χ4v) is 2.54. The second-order valence-electron chi connectivity index (χ2n) is 4.46. The maximum absolute atomic E-state index is 10.7. The van der Waals surface area contributed by atoms with Gasteiger partial charge in [-0.25, -0.2) is 0 Å². The van der Waals surface area contributed by atoms with Crippen LogP contribution in [0.1, 0.15) is 18.4 Å². The third-order valence-electron chi connectivity index (χ3n) is 3.25. The zero-order valence-corrected chi connectivity index (χ0v) is 11.0. The summed E-state index contributed by atoms with van der Waals surface area (Å²) in [6, 6.07) is 5.72. The Hall–Kier alpha value is -0.570. The molecule has 17 heavy (non-hydrogen) atoms. The third kappa shape index (κ3) is 3.21. The first-order chi connectivity index (χ1) is 8.20. The number of aldehydes is 1.